The number of nitrogens with zero attached hydrogens (tertiary/aromatic N) is 1. The molecule has 2 heterocycles. The number of nitrogens with one attached hydrogen (secondary N) is 1. The van der Waals surface area contributed by atoms with Crippen molar-refractivity contribution < 1.29 is 9.53 Å². The molecule has 2 saturated heterocycles. The quantitative estimate of drug-likeness (QED) is 0.866. The third kappa shape index (κ3) is 2.45. The third-order valence-electron chi connectivity index (χ3n) is 4.04. The molecule has 0 spiro atoms. The molecule has 20 heavy (non-hydrogen) atoms. The lowest BCUT2D eigenvalue weighted by atomic mass is 10.1. The fourth-order valence-corrected chi connectivity index (χ4v) is 3.32. The van der Waals surface area contributed by atoms with Gasteiger partial charge in [-0.15, -0.1) is 11.8 Å². The summed E-state index contributed by atoms with van der Waals surface area (Å²) in [6.07, 6.45) is 2.97. The van der Waals surface area contributed by atoms with Gasteiger partial charge in [0.05, 0.1) is 18.7 Å². The highest BCUT2D eigenvalue weighted by Crippen LogP contribution is 2.31. The zero-order valence-corrected chi connectivity index (χ0v) is 12.7. The number of benzene rings is 1. The first-order valence-corrected chi connectivity index (χ1v) is 8.23. The minimum atomic E-state index is -0.124. The van der Waals surface area contributed by atoms with Crippen molar-refractivity contribution in [2.45, 2.75) is 36.5 Å². The Kier molecular flexibility index (Phi) is 4.01. The first-order chi connectivity index (χ1) is 9.70. The third-order valence-corrected chi connectivity index (χ3v) is 4.79. The first kappa shape index (κ1) is 13.9. The highest BCUT2D eigenvalue weighted by molar-refractivity contribution is 7.98. The van der Waals surface area contributed by atoms with Gasteiger partial charge in [-0.1, -0.05) is 12.1 Å². The zero-order chi connectivity index (χ0) is 14.1. The summed E-state index contributed by atoms with van der Waals surface area (Å²) in [5.41, 5.74) is 1.15. The van der Waals surface area contributed by atoms with Crippen molar-refractivity contribution in [1.29, 1.82) is 0 Å². The van der Waals surface area contributed by atoms with Crippen LogP contribution in [0.1, 0.15) is 25.1 Å². The molecule has 1 N–H and O–H groups in total. The number of hydrogen-bond acceptors (Lipinski definition) is 4. The summed E-state index contributed by atoms with van der Waals surface area (Å²) in [6.45, 7) is 3.34. The summed E-state index contributed by atoms with van der Waals surface area (Å²) in [5, 5.41) is 3.40. The van der Waals surface area contributed by atoms with E-state index >= 15 is 0 Å². The van der Waals surface area contributed by atoms with Crippen LogP contribution >= 0.6 is 11.8 Å². The van der Waals surface area contributed by atoms with E-state index in [-0.39, 0.29) is 24.2 Å². The van der Waals surface area contributed by atoms with Crippen LogP contribution in [0.3, 0.4) is 0 Å². The molecule has 108 valence electrons. The average molecular weight is 292 g/mol. The van der Waals surface area contributed by atoms with Crippen LogP contribution in [0.2, 0.25) is 0 Å². The smallest absolute Gasteiger partial charge is 0.241 e. The molecule has 2 aliphatic rings. The van der Waals surface area contributed by atoms with E-state index < -0.39 is 0 Å². The van der Waals surface area contributed by atoms with Gasteiger partial charge in [0, 0.05) is 11.5 Å². The van der Waals surface area contributed by atoms with Crippen LogP contribution in [0, 0.1) is 0 Å². The van der Waals surface area contributed by atoms with Gasteiger partial charge in [-0.25, -0.2) is 0 Å². The van der Waals surface area contributed by atoms with Crippen molar-refractivity contribution >= 4 is 17.7 Å². The van der Waals surface area contributed by atoms with Crippen molar-refractivity contribution in [3.63, 3.8) is 0 Å². The van der Waals surface area contributed by atoms with E-state index in [1.54, 1.807) is 11.8 Å². The summed E-state index contributed by atoms with van der Waals surface area (Å²) in [6, 6.07) is 8.51. The summed E-state index contributed by atoms with van der Waals surface area (Å²) in [5.74, 6) is 0.180. The molecule has 1 amide bonds. The molecule has 4 nitrogen and oxygen atoms in total. The fraction of sp³-hybridized carbons (Fsp3) is 0.533. The molecule has 0 radical (unpaired) electrons. The lowest BCUT2D eigenvalue weighted by Gasteiger charge is -2.29. The Labute approximate surface area is 123 Å². The molecule has 5 heteroatoms. The summed E-state index contributed by atoms with van der Waals surface area (Å²) in [7, 11) is 0. The number of amides is 1. The number of carbonyl (C=O) groups is 1. The average Bonchev–Trinajstić information content (AvgIpc) is 3.08. The molecule has 0 saturated carbocycles. The Bertz CT molecular complexity index is 485. The largest absolute Gasteiger partial charge is 0.379 e. The predicted molar refractivity (Wildman–Crippen MR) is 79.6 cm³/mol. The van der Waals surface area contributed by atoms with Crippen molar-refractivity contribution in [3.05, 3.63) is 29.8 Å². The SMILES string of the molecule is CSc1ccc(C2NC(C)C(=O)N2C2CCOC2)cc1. The van der Waals surface area contributed by atoms with E-state index in [1.165, 1.54) is 4.90 Å². The van der Waals surface area contributed by atoms with Crippen molar-refractivity contribution in [2.24, 2.45) is 0 Å². The molecule has 2 aliphatic heterocycles. The van der Waals surface area contributed by atoms with Gasteiger partial charge in [0.25, 0.3) is 0 Å². The second-order valence-corrected chi connectivity index (χ2v) is 6.21. The maximum Gasteiger partial charge on any atom is 0.241 e. The molecular weight excluding hydrogens is 272 g/mol. The monoisotopic (exact) mass is 292 g/mol. The standard InChI is InChI=1S/C15H20N2O2S/c1-10-15(18)17(12-7-8-19-9-12)14(16-10)11-3-5-13(20-2)6-4-11/h3-6,10,12,14,16H,7-9H2,1-2H3. The van der Waals surface area contributed by atoms with Gasteiger partial charge in [-0.2, -0.15) is 0 Å². The predicted octanol–water partition coefficient (Wildman–Crippen LogP) is 2.02. The number of thioether (sulfide) groups is 1. The topological polar surface area (TPSA) is 41.6 Å². The van der Waals surface area contributed by atoms with Crippen LogP contribution in [0.4, 0.5) is 0 Å². The summed E-state index contributed by atoms with van der Waals surface area (Å²) >= 11 is 1.73. The molecule has 0 aliphatic carbocycles. The van der Waals surface area contributed by atoms with Gasteiger partial charge in [-0.3, -0.25) is 10.1 Å². The maximum absolute atomic E-state index is 12.4. The number of hydrogen-bond donors (Lipinski definition) is 1. The van der Waals surface area contributed by atoms with E-state index in [0.29, 0.717) is 6.61 Å². The van der Waals surface area contributed by atoms with Gasteiger partial charge in [0.2, 0.25) is 5.91 Å². The number of ether oxygens (including phenoxy) is 1. The van der Waals surface area contributed by atoms with Crippen molar-refractivity contribution in [1.82, 2.24) is 10.2 Å². The lowest BCUT2D eigenvalue weighted by Crippen LogP contribution is -2.40. The molecule has 1 aromatic rings. The first-order valence-electron chi connectivity index (χ1n) is 7.00. The highest BCUT2D eigenvalue weighted by atomic mass is 32.2. The number of rotatable bonds is 3. The van der Waals surface area contributed by atoms with Crippen molar-refractivity contribution in [3.8, 4) is 0 Å². The molecule has 3 atom stereocenters. The lowest BCUT2D eigenvalue weighted by molar-refractivity contribution is -0.132. The van der Waals surface area contributed by atoms with E-state index in [1.807, 2.05) is 11.8 Å². The van der Waals surface area contributed by atoms with Crippen LogP contribution in [0.15, 0.2) is 29.2 Å². The van der Waals surface area contributed by atoms with Crippen molar-refractivity contribution in [2.75, 3.05) is 19.5 Å². The van der Waals surface area contributed by atoms with Gasteiger partial charge in [0.1, 0.15) is 6.17 Å². The number of carbonyl (C=O) groups excluding carboxylic acids is 1. The van der Waals surface area contributed by atoms with E-state index in [0.717, 1.165) is 18.6 Å². The van der Waals surface area contributed by atoms with Crippen LogP contribution in [-0.2, 0) is 9.53 Å². The second kappa shape index (κ2) is 5.76. The molecule has 3 unspecified atom stereocenters. The molecular formula is C15H20N2O2S. The van der Waals surface area contributed by atoms with Crippen LogP contribution < -0.4 is 5.32 Å². The molecule has 0 aromatic heterocycles. The Hall–Kier alpha value is -1.04. The van der Waals surface area contributed by atoms with Crippen LogP contribution in [-0.4, -0.2) is 42.4 Å². The van der Waals surface area contributed by atoms with Crippen LogP contribution in [0.5, 0.6) is 0 Å². The van der Waals surface area contributed by atoms with Crippen LogP contribution in [0.25, 0.3) is 0 Å². The highest BCUT2D eigenvalue weighted by Gasteiger charge is 2.42. The van der Waals surface area contributed by atoms with Gasteiger partial charge in [-0.05, 0) is 37.3 Å². The van der Waals surface area contributed by atoms with E-state index in [9.17, 15) is 4.79 Å². The summed E-state index contributed by atoms with van der Waals surface area (Å²) < 4.78 is 5.45. The van der Waals surface area contributed by atoms with Gasteiger partial charge >= 0.3 is 0 Å². The maximum atomic E-state index is 12.4. The Morgan fingerprint density at radius 2 is 2.10 bits per heavy atom. The van der Waals surface area contributed by atoms with E-state index in [2.05, 4.69) is 35.8 Å². The minimum Gasteiger partial charge on any atom is -0.379 e. The Balaban J connectivity index is 1.86. The van der Waals surface area contributed by atoms with Gasteiger partial charge < -0.3 is 9.64 Å². The molecule has 2 fully saturated rings. The Morgan fingerprint density at radius 1 is 1.35 bits per heavy atom. The fourth-order valence-electron chi connectivity index (χ4n) is 2.91. The molecule has 0 bridgehead atoms. The summed E-state index contributed by atoms with van der Waals surface area (Å²) in [4.78, 5) is 15.6. The van der Waals surface area contributed by atoms with E-state index in [4.69, 9.17) is 4.74 Å². The minimum absolute atomic E-state index is 0.0277. The zero-order valence-electron chi connectivity index (χ0n) is 11.8. The molecule has 1 aromatic carbocycles. The Morgan fingerprint density at radius 3 is 2.70 bits per heavy atom. The molecule has 3 rings (SSSR count). The normalized spacial score (nSPS) is 30.2. The second-order valence-electron chi connectivity index (χ2n) is 5.33. The van der Waals surface area contributed by atoms with Gasteiger partial charge in [0.15, 0.2) is 0 Å².